The van der Waals surface area contributed by atoms with E-state index in [1.807, 2.05) is 34.6 Å². The maximum Gasteiger partial charge on any atom is 0.303 e. The van der Waals surface area contributed by atoms with Crippen LogP contribution in [0.4, 0.5) is 5.69 Å². The highest BCUT2D eigenvalue weighted by molar-refractivity contribution is 5.92. The number of hydrogen-bond donors (Lipinski definition) is 7. The molecule has 1 rings (SSSR count). The third-order valence-corrected chi connectivity index (χ3v) is 8.87. The van der Waals surface area contributed by atoms with Gasteiger partial charge in [-0.3, -0.25) is 38.9 Å². The SMILES string of the molecule is CCC[C@H](NC(=O)[C@@H](NC(=O)CCCC(=O)O)[C@@H](C)CC)C(=O)N[C@H](CN[C@@H](C)C(=O)N[C@H](C(=O)NCc1ccccc1[N+](=O)[O-])C(C)C)CC(C)C. The monoisotopic (exact) mass is 747 g/mol. The zero-order valence-corrected chi connectivity index (χ0v) is 32.5. The van der Waals surface area contributed by atoms with Crippen LogP contribution in [0, 0.1) is 27.9 Å². The number of nitrogens with one attached hydrogen (secondary N) is 6. The lowest BCUT2D eigenvalue weighted by atomic mass is 9.97. The summed E-state index contributed by atoms with van der Waals surface area (Å²) in [6.45, 7) is 14.9. The Morgan fingerprint density at radius 2 is 1.47 bits per heavy atom. The van der Waals surface area contributed by atoms with Gasteiger partial charge < -0.3 is 37.0 Å². The molecule has 0 saturated carbocycles. The number of carboxylic acid groups (broad SMARTS) is 1. The fourth-order valence-electron chi connectivity index (χ4n) is 5.59. The number of rotatable bonds is 25. The first kappa shape index (κ1) is 46.4. The fourth-order valence-corrected chi connectivity index (χ4v) is 5.59. The minimum absolute atomic E-state index is 0.0436. The zero-order valence-electron chi connectivity index (χ0n) is 32.5. The molecule has 0 aliphatic carbocycles. The van der Waals surface area contributed by atoms with Crippen molar-refractivity contribution in [2.75, 3.05) is 6.54 Å². The van der Waals surface area contributed by atoms with Gasteiger partial charge in [0.2, 0.25) is 29.5 Å². The maximum atomic E-state index is 13.6. The summed E-state index contributed by atoms with van der Waals surface area (Å²) in [7, 11) is 0. The van der Waals surface area contributed by atoms with E-state index in [2.05, 4.69) is 31.9 Å². The van der Waals surface area contributed by atoms with Crippen LogP contribution in [0.2, 0.25) is 0 Å². The van der Waals surface area contributed by atoms with Gasteiger partial charge in [0.05, 0.1) is 11.0 Å². The molecule has 0 saturated heterocycles. The van der Waals surface area contributed by atoms with E-state index >= 15 is 0 Å². The minimum Gasteiger partial charge on any atom is -0.481 e. The van der Waals surface area contributed by atoms with E-state index in [4.69, 9.17) is 5.11 Å². The molecule has 0 spiro atoms. The molecule has 0 aliphatic rings. The van der Waals surface area contributed by atoms with Gasteiger partial charge in [-0.25, -0.2) is 0 Å². The lowest BCUT2D eigenvalue weighted by molar-refractivity contribution is -0.385. The number of benzene rings is 1. The van der Waals surface area contributed by atoms with Crippen molar-refractivity contribution in [2.24, 2.45) is 17.8 Å². The second kappa shape index (κ2) is 23.9. The quantitative estimate of drug-likeness (QED) is 0.0570. The Hall–Kier alpha value is -4.60. The first-order valence-corrected chi connectivity index (χ1v) is 18.6. The molecule has 16 nitrogen and oxygen atoms in total. The molecule has 0 fully saturated rings. The van der Waals surface area contributed by atoms with Crippen LogP contribution in [0.25, 0.3) is 0 Å². The highest BCUT2D eigenvalue weighted by Crippen LogP contribution is 2.17. The van der Waals surface area contributed by atoms with Crippen molar-refractivity contribution < 1.29 is 38.8 Å². The first-order valence-electron chi connectivity index (χ1n) is 18.6. The van der Waals surface area contributed by atoms with E-state index in [1.165, 1.54) is 12.1 Å². The van der Waals surface area contributed by atoms with Crippen molar-refractivity contribution >= 4 is 41.2 Å². The summed E-state index contributed by atoms with van der Waals surface area (Å²) in [6.07, 6.45) is 2.00. The molecule has 0 aromatic heterocycles. The van der Waals surface area contributed by atoms with E-state index in [0.717, 1.165) is 0 Å². The molecule has 0 bridgehead atoms. The third-order valence-electron chi connectivity index (χ3n) is 8.87. The standard InChI is InChI=1S/C37H61N7O9/c1-9-14-28(41-37(51)33(24(7)10-2)42-30(45)17-13-18-31(46)47)35(49)40-27(19-22(3)4)21-38-25(8)34(48)43-32(23(5)6)36(50)39-20-26-15-11-12-16-29(26)44(52)53/h11-12,15-16,22-25,27-28,32-33,38H,9-10,13-14,17-21H2,1-8H3,(H,39,50)(H,40,49)(H,41,51)(H,42,45)(H,43,48)(H,46,47)/t24-,25-,27-,28-,32-,33-/m0/s1. The Bertz CT molecular complexity index is 1390. The highest BCUT2D eigenvalue weighted by Gasteiger charge is 2.31. The predicted molar refractivity (Wildman–Crippen MR) is 200 cm³/mol. The molecule has 0 radical (unpaired) electrons. The molecular formula is C37H61N7O9. The molecule has 0 heterocycles. The van der Waals surface area contributed by atoms with Gasteiger partial charge in [0.1, 0.15) is 18.1 Å². The Morgan fingerprint density at radius 3 is 2.04 bits per heavy atom. The zero-order chi connectivity index (χ0) is 40.2. The number of para-hydroxylation sites is 1. The maximum absolute atomic E-state index is 13.6. The van der Waals surface area contributed by atoms with Crippen LogP contribution >= 0.6 is 0 Å². The molecule has 5 amide bonds. The van der Waals surface area contributed by atoms with Gasteiger partial charge in [-0.05, 0) is 43.9 Å². The molecule has 7 N–H and O–H groups in total. The average molecular weight is 748 g/mol. The van der Waals surface area contributed by atoms with Crippen LogP contribution in [0.15, 0.2) is 24.3 Å². The minimum atomic E-state index is -1.01. The van der Waals surface area contributed by atoms with E-state index in [1.54, 1.807) is 32.9 Å². The molecule has 1 aromatic rings. The Balaban J connectivity index is 2.93. The molecular weight excluding hydrogens is 686 g/mol. The summed E-state index contributed by atoms with van der Waals surface area (Å²) in [5, 5.41) is 37.4. The molecule has 0 unspecified atom stereocenters. The summed E-state index contributed by atoms with van der Waals surface area (Å²) in [5.41, 5.74) is 0.216. The Labute approximate surface area is 312 Å². The van der Waals surface area contributed by atoms with Crippen molar-refractivity contribution in [1.29, 1.82) is 0 Å². The van der Waals surface area contributed by atoms with Crippen molar-refractivity contribution in [3.63, 3.8) is 0 Å². The lowest BCUT2D eigenvalue weighted by Gasteiger charge is -2.29. The Kier molecular flexibility index (Phi) is 20.9. The van der Waals surface area contributed by atoms with Gasteiger partial charge in [0, 0.05) is 43.6 Å². The number of nitro groups is 1. The highest BCUT2D eigenvalue weighted by atomic mass is 16.6. The number of nitrogens with zero attached hydrogens (tertiary/aromatic N) is 1. The average Bonchev–Trinajstić information content (AvgIpc) is 3.09. The van der Waals surface area contributed by atoms with E-state index < -0.39 is 70.6 Å². The van der Waals surface area contributed by atoms with E-state index in [0.29, 0.717) is 31.2 Å². The smallest absolute Gasteiger partial charge is 0.303 e. The van der Waals surface area contributed by atoms with E-state index in [-0.39, 0.29) is 55.8 Å². The largest absolute Gasteiger partial charge is 0.481 e. The molecule has 53 heavy (non-hydrogen) atoms. The number of hydrogen-bond acceptors (Lipinski definition) is 9. The van der Waals surface area contributed by atoms with Crippen LogP contribution in [0.1, 0.15) is 106 Å². The number of aliphatic carboxylic acids is 1. The van der Waals surface area contributed by atoms with Gasteiger partial charge in [0.15, 0.2) is 0 Å². The van der Waals surface area contributed by atoms with Crippen LogP contribution in [-0.4, -0.2) is 82.3 Å². The summed E-state index contributed by atoms with van der Waals surface area (Å²) in [4.78, 5) is 87.5. The first-order chi connectivity index (χ1) is 24.9. The van der Waals surface area contributed by atoms with Crippen molar-refractivity contribution in [1.82, 2.24) is 31.9 Å². The second-order valence-corrected chi connectivity index (χ2v) is 14.3. The van der Waals surface area contributed by atoms with Crippen LogP contribution in [-0.2, 0) is 35.3 Å². The second-order valence-electron chi connectivity index (χ2n) is 14.3. The van der Waals surface area contributed by atoms with Crippen LogP contribution in [0.3, 0.4) is 0 Å². The van der Waals surface area contributed by atoms with Gasteiger partial charge in [0.25, 0.3) is 5.69 Å². The predicted octanol–water partition coefficient (Wildman–Crippen LogP) is 2.93. The van der Waals surface area contributed by atoms with Gasteiger partial charge in [-0.1, -0.05) is 79.5 Å². The normalized spacial score (nSPS) is 14.6. The Morgan fingerprint density at radius 1 is 0.811 bits per heavy atom. The number of carboxylic acids is 1. The number of carbonyl (C=O) groups excluding carboxylic acids is 5. The van der Waals surface area contributed by atoms with Gasteiger partial charge >= 0.3 is 5.97 Å². The molecule has 0 aliphatic heterocycles. The lowest BCUT2D eigenvalue weighted by Crippen LogP contribution is -2.58. The molecule has 6 atom stereocenters. The van der Waals surface area contributed by atoms with Gasteiger partial charge in [-0.15, -0.1) is 0 Å². The number of carbonyl (C=O) groups is 6. The third kappa shape index (κ3) is 17.2. The number of amides is 5. The molecule has 298 valence electrons. The summed E-state index contributed by atoms with van der Waals surface area (Å²) >= 11 is 0. The summed E-state index contributed by atoms with van der Waals surface area (Å²) in [5.74, 6) is -3.67. The van der Waals surface area contributed by atoms with Crippen LogP contribution in [0.5, 0.6) is 0 Å². The van der Waals surface area contributed by atoms with Crippen molar-refractivity contribution in [3.05, 3.63) is 39.9 Å². The van der Waals surface area contributed by atoms with Crippen LogP contribution < -0.4 is 31.9 Å². The van der Waals surface area contributed by atoms with Gasteiger partial charge in [-0.2, -0.15) is 0 Å². The summed E-state index contributed by atoms with van der Waals surface area (Å²) in [6, 6.07) is 2.20. The summed E-state index contributed by atoms with van der Waals surface area (Å²) < 4.78 is 0. The topological polar surface area (TPSA) is 238 Å². The fraction of sp³-hybridized carbons (Fsp3) is 0.676. The van der Waals surface area contributed by atoms with Crippen molar-refractivity contribution in [3.8, 4) is 0 Å². The molecule has 16 heteroatoms. The number of nitro benzene ring substituents is 1. The van der Waals surface area contributed by atoms with Crippen molar-refractivity contribution in [2.45, 2.75) is 137 Å². The molecule has 1 aromatic carbocycles. The van der Waals surface area contributed by atoms with E-state index in [9.17, 15) is 38.9 Å².